The number of halogens is 2. The number of rotatable bonds is 5. The first-order valence-electron chi connectivity index (χ1n) is 6.09. The first kappa shape index (κ1) is 15.3. The molecule has 0 aliphatic carbocycles. The Morgan fingerprint density at radius 3 is 2.71 bits per heavy atom. The fourth-order valence-electron chi connectivity index (χ4n) is 1.89. The molecule has 110 valence electrons. The van der Waals surface area contributed by atoms with Crippen LogP contribution in [0.1, 0.15) is 11.6 Å². The smallest absolute Gasteiger partial charge is 0.330 e. The Kier molecular flexibility index (Phi) is 4.80. The summed E-state index contributed by atoms with van der Waals surface area (Å²) >= 11 is 3.14. The second kappa shape index (κ2) is 6.58. The van der Waals surface area contributed by atoms with Gasteiger partial charge >= 0.3 is 5.97 Å². The summed E-state index contributed by atoms with van der Waals surface area (Å²) in [7, 11) is 1.52. The molecule has 0 saturated carbocycles. The Labute approximate surface area is 129 Å². The molecule has 0 aliphatic heterocycles. The van der Waals surface area contributed by atoms with Crippen LogP contribution in [0.4, 0.5) is 10.1 Å². The zero-order valence-electron chi connectivity index (χ0n) is 11.1. The minimum Gasteiger partial charge on any atom is -0.497 e. The second-order valence-electron chi connectivity index (χ2n) is 4.31. The summed E-state index contributed by atoms with van der Waals surface area (Å²) in [4.78, 5) is 11.4. The lowest BCUT2D eigenvalue weighted by molar-refractivity contribution is -0.138. The quantitative estimate of drug-likeness (QED) is 0.857. The molecule has 0 bridgehead atoms. The fraction of sp³-hybridized carbons (Fsp3) is 0.133. The molecule has 0 amide bonds. The van der Waals surface area contributed by atoms with Gasteiger partial charge in [-0.15, -0.1) is 0 Å². The molecule has 0 aliphatic rings. The van der Waals surface area contributed by atoms with Crippen LogP contribution in [0.15, 0.2) is 46.9 Å². The number of ether oxygens (including phenoxy) is 1. The van der Waals surface area contributed by atoms with Crippen molar-refractivity contribution < 1.29 is 19.0 Å². The maximum atomic E-state index is 14.0. The molecule has 1 atom stereocenters. The Bertz CT molecular complexity index is 663. The molecule has 1 unspecified atom stereocenters. The summed E-state index contributed by atoms with van der Waals surface area (Å²) < 4.78 is 19.6. The van der Waals surface area contributed by atoms with Gasteiger partial charge in [0.1, 0.15) is 11.6 Å². The second-order valence-corrected chi connectivity index (χ2v) is 5.23. The van der Waals surface area contributed by atoms with Gasteiger partial charge in [-0.25, -0.2) is 9.18 Å². The predicted molar refractivity (Wildman–Crippen MR) is 81.1 cm³/mol. The molecule has 4 nitrogen and oxygen atoms in total. The van der Waals surface area contributed by atoms with Crippen molar-refractivity contribution in [1.29, 1.82) is 0 Å². The van der Waals surface area contributed by atoms with Gasteiger partial charge in [0.2, 0.25) is 0 Å². The summed E-state index contributed by atoms with van der Waals surface area (Å²) in [6.45, 7) is 0. The lowest BCUT2D eigenvalue weighted by Crippen LogP contribution is -2.21. The third-order valence-electron chi connectivity index (χ3n) is 2.90. The molecule has 2 rings (SSSR count). The Morgan fingerprint density at radius 2 is 2.10 bits per heavy atom. The van der Waals surface area contributed by atoms with Crippen molar-refractivity contribution in [3.63, 3.8) is 0 Å². The molecule has 2 aromatic rings. The van der Waals surface area contributed by atoms with Gasteiger partial charge in [-0.3, -0.25) is 0 Å². The van der Waals surface area contributed by atoms with Gasteiger partial charge in [-0.05, 0) is 24.3 Å². The van der Waals surface area contributed by atoms with Crippen LogP contribution < -0.4 is 10.1 Å². The number of anilines is 1. The number of hydrogen-bond acceptors (Lipinski definition) is 3. The third kappa shape index (κ3) is 3.72. The van der Waals surface area contributed by atoms with Crippen molar-refractivity contribution >= 4 is 27.6 Å². The number of hydrogen-bond donors (Lipinski definition) is 2. The molecule has 0 aromatic heterocycles. The van der Waals surface area contributed by atoms with Crippen molar-refractivity contribution in [3.05, 3.63) is 58.3 Å². The summed E-state index contributed by atoms with van der Waals surface area (Å²) in [5.74, 6) is -1.17. The number of aliphatic carboxylic acids is 1. The van der Waals surface area contributed by atoms with Crippen LogP contribution in [0, 0.1) is 5.82 Å². The van der Waals surface area contributed by atoms with Crippen LogP contribution in [0.5, 0.6) is 5.75 Å². The van der Waals surface area contributed by atoms with Gasteiger partial charge in [0.25, 0.3) is 0 Å². The van der Waals surface area contributed by atoms with E-state index in [9.17, 15) is 14.3 Å². The first-order chi connectivity index (χ1) is 10.0. The van der Waals surface area contributed by atoms with E-state index in [-0.39, 0.29) is 5.56 Å². The lowest BCUT2D eigenvalue weighted by atomic mass is 10.1. The van der Waals surface area contributed by atoms with Crippen molar-refractivity contribution in [2.75, 3.05) is 12.4 Å². The Hall–Kier alpha value is -2.08. The summed E-state index contributed by atoms with van der Waals surface area (Å²) in [6, 6.07) is 9.87. The van der Waals surface area contributed by atoms with Gasteiger partial charge in [0.05, 0.1) is 7.11 Å². The maximum absolute atomic E-state index is 14.0. The van der Waals surface area contributed by atoms with Gasteiger partial charge in [0, 0.05) is 21.8 Å². The summed E-state index contributed by atoms with van der Waals surface area (Å²) in [5, 5.41) is 12.1. The molecule has 0 saturated heterocycles. The van der Waals surface area contributed by atoms with Crippen molar-refractivity contribution in [3.8, 4) is 5.75 Å². The van der Waals surface area contributed by atoms with Crippen LogP contribution in [0.2, 0.25) is 0 Å². The topological polar surface area (TPSA) is 58.6 Å². The number of nitrogens with one attached hydrogen (secondary N) is 1. The van der Waals surface area contributed by atoms with Gasteiger partial charge in [-0.1, -0.05) is 28.1 Å². The molecule has 0 radical (unpaired) electrons. The van der Waals surface area contributed by atoms with Crippen molar-refractivity contribution in [2.24, 2.45) is 0 Å². The molecule has 21 heavy (non-hydrogen) atoms. The largest absolute Gasteiger partial charge is 0.497 e. The number of carboxylic acid groups (broad SMARTS) is 1. The maximum Gasteiger partial charge on any atom is 0.330 e. The predicted octanol–water partition coefficient (Wildman–Crippen LogP) is 3.83. The highest BCUT2D eigenvalue weighted by molar-refractivity contribution is 9.10. The zero-order valence-corrected chi connectivity index (χ0v) is 12.7. The minimum absolute atomic E-state index is 0.0634. The van der Waals surface area contributed by atoms with Gasteiger partial charge < -0.3 is 15.2 Å². The van der Waals surface area contributed by atoms with Crippen LogP contribution in [-0.2, 0) is 4.79 Å². The zero-order chi connectivity index (χ0) is 15.4. The van der Waals surface area contributed by atoms with Crippen LogP contribution in [0.3, 0.4) is 0 Å². The molecular formula is C15H13BrFNO3. The summed E-state index contributed by atoms with van der Waals surface area (Å²) in [6.07, 6.45) is 0. The highest BCUT2D eigenvalue weighted by atomic mass is 79.9. The van der Waals surface area contributed by atoms with E-state index in [0.29, 0.717) is 15.9 Å². The number of carboxylic acids is 1. The minimum atomic E-state index is -1.19. The number of benzene rings is 2. The Morgan fingerprint density at radius 1 is 1.33 bits per heavy atom. The van der Waals surface area contributed by atoms with Gasteiger partial charge in [-0.2, -0.15) is 0 Å². The average molecular weight is 354 g/mol. The fourth-order valence-corrected chi connectivity index (χ4v) is 2.22. The van der Waals surface area contributed by atoms with Crippen LogP contribution >= 0.6 is 15.9 Å². The Balaban J connectivity index is 2.33. The molecule has 2 aromatic carbocycles. The molecule has 2 N–H and O–H groups in total. The number of methoxy groups -OCH3 is 1. The van der Waals surface area contributed by atoms with Crippen molar-refractivity contribution in [1.82, 2.24) is 0 Å². The first-order valence-corrected chi connectivity index (χ1v) is 6.89. The highest BCUT2D eigenvalue weighted by Crippen LogP contribution is 2.26. The van der Waals surface area contributed by atoms with E-state index >= 15 is 0 Å². The normalized spacial score (nSPS) is 11.8. The molecule has 0 heterocycles. The SMILES string of the molecule is COc1cccc(NC(C(=O)O)c2ccc(Br)cc2F)c1. The number of carbonyl (C=O) groups is 1. The molecule has 0 fully saturated rings. The van der Waals surface area contributed by atoms with E-state index in [4.69, 9.17) is 4.74 Å². The summed E-state index contributed by atoms with van der Waals surface area (Å²) in [5.41, 5.74) is 0.595. The third-order valence-corrected chi connectivity index (χ3v) is 3.39. The van der Waals surface area contributed by atoms with E-state index in [2.05, 4.69) is 21.2 Å². The average Bonchev–Trinajstić information content (AvgIpc) is 2.45. The van der Waals surface area contributed by atoms with Crippen LogP contribution in [0.25, 0.3) is 0 Å². The van der Waals surface area contributed by atoms with E-state index in [1.165, 1.54) is 19.2 Å². The molecule has 6 heteroatoms. The van der Waals surface area contributed by atoms with Crippen molar-refractivity contribution in [2.45, 2.75) is 6.04 Å². The highest BCUT2D eigenvalue weighted by Gasteiger charge is 2.23. The molecular weight excluding hydrogens is 341 g/mol. The van der Waals surface area contributed by atoms with E-state index in [1.54, 1.807) is 30.3 Å². The monoisotopic (exact) mass is 353 g/mol. The standard InChI is InChI=1S/C15H13BrFNO3/c1-21-11-4-2-3-10(8-11)18-14(15(19)20)12-6-5-9(16)7-13(12)17/h2-8,14,18H,1H3,(H,19,20). The molecule has 0 spiro atoms. The lowest BCUT2D eigenvalue weighted by Gasteiger charge is -2.17. The van der Waals surface area contributed by atoms with E-state index in [1.807, 2.05) is 0 Å². The van der Waals surface area contributed by atoms with E-state index in [0.717, 1.165) is 0 Å². The van der Waals surface area contributed by atoms with E-state index < -0.39 is 17.8 Å². The van der Waals surface area contributed by atoms with Crippen LogP contribution in [-0.4, -0.2) is 18.2 Å². The van der Waals surface area contributed by atoms with Gasteiger partial charge in [0.15, 0.2) is 6.04 Å².